The highest BCUT2D eigenvalue weighted by Crippen LogP contribution is 2.09. The zero-order valence-electron chi connectivity index (χ0n) is 14.8. The van der Waals surface area contributed by atoms with Crippen molar-refractivity contribution in [3.8, 4) is 0 Å². The van der Waals surface area contributed by atoms with Gasteiger partial charge in [0, 0.05) is 6.61 Å². The van der Waals surface area contributed by atoms with Crippen molar-refractivity contribution in [2.75, 3.05) is 26.2 Å². The van der Waals surface area contributed by atoms with Crippen LogP contribution >= 0.6 is 0 Å². The highest BCUT2D eigenvalue weighted by Gasteiger charge is 2.20. The fourth-order valence-electron chi connectivity index (χ4n) is 3.23. The molecule has 0 bridgehead atoms. The van der Waals surface area contributed by atoms with E-state index in [1.54, 1.807) is 4.90 Å². The van der Waals surface area contributed by atoms with Crippen LogP contribution in [0.3, 0.4) is 0 Å². The number of quaternary nitrogens is 1. The summed E-state index contributed by atoms with van der Waals surface area (Å²) in [6.07, 6.45) is 11.8. The van der Waals surface area contributed by atoms with Crippen molar-refractivity contribution in [3.05, 3.63) is 83.9 Å². The van der Waals surface area contributed by atoms with Crippen LogP contribution in [0.15, 0.2) is 72.8 Å². The molecule has 1 heterocycles. The minimum Gasteiger partial charge on any atom is -0.372 e. The van der Waals surface area contributed by atoms with E-state index in [1.807, 2.05) is 0 Å². The molecule has 1 aliphatic rings. The van der Waals surface area contributed by atoms with Crippen molar-refractivity contribution in [3.63, 3.8) is 0 Å². The molecule has 25 heavy (non-hydrogen) atoms. The molecule has 0 unspecified atom stereocenters. The summed E-state index contributed by atoms with van der Waals surface area (Å²) in [5.74, 6) is 0. The van der Waals surface area contributed by atoms with E-state index in [-0.39, 0.29) is 0 Å². The van der Waals surface area contributed by atoms with E-state index in [0.717, 1.165) is 26.2 Å². The molecule has 130 valence electrons. The summed E-state index contributed by atoms with van der Waals surface area (Å²) in [6, 6.07) is 21.0. The SMILES string of the molecule is C(=C\c1ccccc1)/C[NH+](C/C=C/c1ccccc1)C[C@@H]1CCCO1. The predicted octanol–water partition coefficient (Wildman–Crippen LogP) is 3.48. The number of hydrogen-bond donors (Lipinski definition) is 1. The summed E-state index contributed by atoms with van der Waals surface area (Å²) in [6.45, 7) is 4.05. The van der Waals surface area contributed by atoms with Gasteiger partial charge in [0.25, 0.3) is 0 Å². The van der Waals surface area contributed by atoms with Crippen molar-refractivity contribution < 1.29 is 9.64 Å². The number of benzene rings is 2. The summed E-state index contributed by atoms with van der Waals surface area (Å²) in [7, 11) is 0. The summed E-state index contributed by atoms with van der Waals surface area (Å²) in [5, 5.41) is 0. The molecule has 0 saturated carbocycles. The van der Waals surface area contributed by atoms with E-state index in [2.05, 4.69) is 85.0 Å². The summed E-state index contributed by atoms with van der Waals surface area (Å²) in [5.41, 5.74) is 2.53. The third-order valence-corrected chi connectivity index (χ3v) is 4.57. The van der Waals surface area contributed by atoms with E-state index in [4.69, 9.17) is 4.74 Å². The first kappa shape index (κ1) is 17.7. The molecule has 0 aromatic heterocycles. The first-order chi connectivity index (χ1) is 12.4. The molecular weight excluding hydrogens is 306 g/mol. The van der Waals surface area contributed by atoms with Crippen LogP contribution in [-0.2, 0) is 4.74 Å². The van der Waals surface area contributed by atoms with E-state index in [0.29, 0.717) is 6.10 Å². The molecule has 3 rings (SSSR count). The van der Waals surface area contributed by atoms with Crippen molar-refractivity contribution in [1.82, 2.24) is 0 Å². The van der Waals surface area contributed by atoms with E-state index in [1.165, 1.54) is 24.0 Å². The molecule has 1 fully saturated rings. The standard InChI is InChI=1S/C23H27NO/c1-3-10-21(11-4-1)14-7-17-24(20-23-16-9-19-25-23)18-8-15-22-12-5-2-6-13-22/h1-8,10-15,23H,9,16-20H2/p+1/b14-7+,15-8+/t23-/m0/s1. The van der Waals surface area contributed by atoms with Crippen molar-refractivity contribution in [2.45, 2.75) is 18.9 Å². The minimum absolute atomic E-state index is 0.422. The molecular formula is C23H28NO+. The molecule has 2 heteroatoms. The highest BCUT2D eigenvalue weighted by atomic mass is 16.5. The average molecular weight is 334 g/mol. The maximum atomic E-state index is 5.84. The zero-order valence-corrected chi connectivity index (χ0v) is 14.8. The zero-order chi connectivity index (χ0) is 17.2. The normalized spacial score (nSPS) is 17.9. The monoisotopic (exact) mass is 334 g/mol. The van der Waals surface area contributed by atoms with Gasteiger partial charge >= 0.3 is 0 Å². The van der Waals surface area contributed by atoms with Gasteiger partial charge in [-0.2, -0.15) is 0 Å². The second-order valence-electron chi connectivity index (χ2n) is 6.62. The average Bonchev–Trinajstić information content (AvgIpc) is 3.16. The maximum absolute atomic E-state index is 5.84. The number of hydrogen-bond acceptors (Lipinski definition) is 1. The van der Waals surface area contributed by atoms with E-state index >= 15 is 0 Å². The summed E-state index contributed by atoms with van der Waals surface area (Å²) < 4.78 is 5.84. The maximum Gasteiger partial charge on any atom is 0.106 e. The van der Waals surface area contributed by atoms with Crippen LogP contribution in [0, 0.1) is 0 Å². The lowest BCUT2D eigenvalue weighted by Gasteiger charge is -2.19. The smallest absolute Gasteiger partial charge is 0.106 e. The fourth-order valence-corrected chi connectivity index (χ4v) is 3.23. The van der Waals surface area contributed by atoms with Crippen LogP contribution in [0.2, 0.25) is 0 Å². The Hall–Kier alpha value is -2.16. The van der Waals surface area contributed by atoms with Gasteiger partial charge in [-0.1, -0.05) is 72.8 Å². The second kappa shape index (κ2) is 9.97. The fraction of sp³-hybridized carbons (Fsp3) is 0.304. The van der Waals surface area contributed by atoms with E-state index in [9.17, 15) is 0 Å². The van der Waals surface area contributed by atoms with Gasteiger partial charge in [-0.05, 0) is 36.1 Å². The van der Waals surface area contributed by atoms with Crippen LogP contribution in [0.25, 0.3) is 12.2 Å². The molecule has 1 N–H and O–H groups in total. The molecule has 1 saturated heterocycles. The van der Waals surface area contributed by atoms with Crippen LogP contribution in [0.4, 0.5) is 0 Å². The molecule has 0 radical (unpaired) electrons. The lowest BCUT2D eigenvalue weighted by Crippen LogP contribution is -3.12. The number of ether oxygens (including phenoxy) is 1. The van der Waals surface area contributed by atoms with Gasteiger partial charge in [0.1, 0.15) is 12.6 Å². The molecule has 2 aromatic carbocycles. The minimum atomic E-state index is 0.422. The van der Waals surface area contributed by atoms with Gasteiger partial charge in [-0.3, -0.25) is 0 Å². The highest BCUT2D eigenvalue weighted by molar-refractivity contribution is 5.49. The Kier molecular flexibility index (Phi) is 7.04. The lowest BCUT2D eigenvalue weighted by molar-refractivity contribution is -0.891. The molecule has 1 atom stereocenters. The first-order valence-electron chi connectivity index (χ1n) is 9.28. The Morgan fingerprint density at radius 1 is 0.840 bits per heavy atom. The number of rotatable bonds is 8. The topological polar surface area (TPSA) is 13.7 Å². The quantitative estimate of drug-likeness (QED) is 0.780. The van der Waals surface area contributed by atoms with Crippen LogP contribution in [0.1, 0.15) is 24.0 Å². The van der Waals surface area contributed by atoms with Crippen molar-refractivity contribution in [1.29, 1.82) is 0 Å². The Morgan fingerprint density at radius 3 is 1.88 bits per heavy atom. The van der Waals surface area contributed by atoms with Crippen LogP contribution < -0.4 is 4.90 Å². The second-order valence-corrected chi connectivity index (χ2v) is 6.62. The first-order valence-corrected chi connectivity index (χ1v) is 9.28. The Morgan fingerprint density at radius 2 is 1.40 bits per heavy atom. The van der Waals surface area contributed by atoms with Gasteiger partial charge in [-0.15, -0.1) is 0 Å². The van der Waals surface area contributed by atoms with Crippen molar-refractivity contribution in [2.24, 2.45) is 0 Å². The van der Waals surface area contributed by atoms with Gasteiger partial charge in [0.2, 0.25) is 0 Å². The third-order valence-electron chi connectivity index (χ3n) is 4.57. The third kappa shape index (κ3) is 6.33. The molecule has 0 spiro atoms. The Balaban J connectivity index is 1.56. The van der Waals surface area contributed by atoms with Gasteiger partial charge in [0.15, 0.2) is 0 Å². The van der Waals surface area contributed by atoms with Crippen LogP contribution in [0.5, 0.6) is 0 Å². The number of nitrogens with one attached hydrogen (secondary N) is 1. The molecule has 0 aliphatic carbocycles. The Labute approximate surface area is 151 Å². The Bertz CT molecular complexity index is 606. The van der Waals surface area contributed by atoms with Crippen molar-refractivity contribution >= 4 is 12.2 Å². The lowest BCUT2D eigenvalue weighted by atomic mass is 10.2. The molecule has 2 aromatic rings. The molecule has 2 nitrogen and oxygen atoms in total. The summed E-state index contributed by atoms with van der Waals surface area (Å²) in [4.78, 5) is 1.55. The molecule has 0 amide bonds. The van der Waals surface area contributed by atoms with E-state index < -0.39 is 0 Å². The van der Waals surface area contributed by atoms with Gasteiger partial charge in [0.05, 0.1) is 13.1 Å². The summed E-state index contributed by atoms with van der Waals surface area (Å²) >= 11 is 0. The predicted molar refractivity (Wildman–Crippen MR) is 105 cm³/mol. The van der Waals surface area contributed by atoms with Gasteiger partial charge in [-0.25, -0.2) is 0 Å². The van der Waals surface area contributed by atoms with Crippen LogP contribution in [-0.4, -0.2) is 32.3 Å². The largest absolute Gasteiger partial charge is 0.372 e. The molecule has 1 aliphatic heterocycles. The van der Waals surface area contributed by atoms with Gasteiger partial charge < -0.3 is 9.64 Å².